The van der Waals surface area contributed by atoms with Crippen molar-refractivity contribution in [3.05, 3.63) is 31.7 Å². The molecule has 1 aromatic carbocycles. The highest BCUT2D eigenvalue weighted by Gasteiger charge is 2.28. The van der Waals surface area contributed by atoms with E-state index in [2.05, 4.69) is 57.8 Å². The smallest absolute Gasteiger partial charge is 0.102 e. The molecule has 0 spiro atoms. The van der Waals surface area contributed by atoms with Gasteiger partial charge in [-0.2, -0.15) is 5.26 Å². The van der Waals surface area contributed by atoms with E-state index < -0.39 is 0 Å². The van der Waals surface area contributed by atoms with E-state index in [-0.39, 0.29) is 0 Å². The van der Waals surface area contributed by atoms with Crippen LogP contribution in [0.15, 0.2) is 15.0 Å². The zero-order valence-corrected chi connectivity index (χ0v) is 12.6. The molecule has 84 valence electrons. The van der Waals surface area contributed by atoms with Crippen molar-refractivity contribution in [2.24, 2.45) is 5.41 Å². The van der Waals surface area contributed by atoms with Crippen molar-refractivity contribution in [1.82, 2.24) is 0 Å². The van der Waals surface area contributed by atoms with Gasteiger partial charge >= 0.3 is 0 Å². The largest absolute Gasteiger partial charge is 0.192 e. The first-order valence-corrected chi connectivity index (χ1v) is 6.93. The van der Waals surface area contributed by atoms with Crippen molar-refractivity contribution < 1.29 is 0 Å². The normalized spacial score (nSPS) is 17.7. The lowest BCUT2D eigenvalue weighted by Crippen LogP contribution is -2.22. The summed E-state index contributed by atoms with van der Waals surface area (Å²) < 4.78 is 1.88. The van der Waals surface area contributed by atoms with Crippen LogP contribution in [0.2, 0.25) is 0 Å². The first-order valence-electron chi connectivity index (χ1n) is 5.34. The lowest BCUT2D eigenvalue weighted by atomic mass is 9.74. The third kappa shape index (κ3) is 2.06. The van der Waals surface area contributed by atoms with Crippen LogP contribution in [-0.2, 0) is 12.8 Å². The van der Waals surface area contributed by atoms with Gasteiger partial charge in [-0.15, -0.1) is 0 Å². The molecule has 0 N–H and O–H groups in total. The molecule has 0 radical (unpaired) electrons. The van der Waals surface area contributed by atoms with Crippen molar-refractivity contribution in [2.45, 2.75) is 33.1 Å². The molecule has 1 aromatic rings. The number of rotatable bonds is 0. The van der Waals surface area contributed by atoms with Gasteiger partial charge in [-0.3, -0.25) is 0 Å². The predicted molar refractivity (Wildman–Crippen MR) is 72.4 cm³/mol. The number of hydrogen-bond acceptors (Lipinski definition) is 1. The highest BCUT2D eigenvalue weighted by Crippen LogP contribution is 2.41. The minimum Gasteiger partial charge on any atom is -0.192 e. The topological polar surface area (TPSA) is 23.8 Å². The van der Waals surface area contributed by atoms with E-state index in [0.717, 1.165) is 27.4 Å². The summed E-state index contributed by atoms with van der Waals surface area (Å²) in [5.41, 5.74) is 3.78. The maximum absolute atomic E-state index is 9.09. The first kappa shape index (κ1) is 12.1. The van der Waals surface area contributed by atoms with Crippen molar-refractivity contribution >= 4 is 31.9 Å². The summed E-state index contributed by atoms with van der Waals surface area (Å²) in [5, 5.41) is 9.09. The van der Waals surface area contributed by atoms with E-state index in [0.29, 0.717) is 5.41 Å². The number of halogens is 2. The van der Waals surface area contributed by atoms with Gasteiger partial charge in [0.1, 0.15) is 6.07 Å². The lowest BCUT2D eigenvalue weighted by Gasteiger charge is -2.32. The van der Waals surface area contributed by atoms with Gasteiger partial charge in [0.05, 0.1) is 5.56 Å². The fourth-order valence-electron chi connectivity index (χ4n) is 2.31. The van der Waals surface area contributed by atoms with Crippen LogP contribution in [0.3, 0.4) is 0 Å². The van der Waals surface area contributed by atoms with Crippen LogP contribution in [0.25, 0.3) is 0 Å². The molecule has 3 heteroatoms. The molecular formula is C13H13Br2N. The van der Waals surface area contributed by atoms with Crippen molar-refractivity contribution in [1.29, 1.82) is 5.26 Å². The second-order valence-corrected chi connectivity index (χ2v) is 6.79. The van der Waals surface area contributed by atoms with Gasteiger partial charge in [0.25, 0.3) is 0 Å². The molecule has 2 rings (SSSR count). The fraction of sp³-hybridized carbons (Fsp3) is 0.462. The van der Waals surface area contributed by atoms with Gasteiger partial charge in [0.15, 0.2) is 0 Å². The number of fused-ring (bicyclic) bond motifs is 1. The lowest BCUT2D eigenvalue weighted by molar-refractivity contribution is 0.315. The van der Waals surface area contributed by atoms with E-state index in [1.54, 1.807) is 0 Å². The number of hydrogen-bond donors (Lipinski definition) is 0. The predicted octanol–water partition coefficient (Wildman–Crippen LogP) is 4.60. The SMILES string of the molecule is CC1(C)CCc2c(cc(Br)c(C#N)c2Br)C1. The summed E-state index contributed by atoms with van der Waals surface area (Å²) in [7, 11) is 0. The second kappa shape index (κ2) is 4.16. The van der Waals surface area contributed by atoms with E-state index in [9.17, 15) is 0 Å². The molecule has 0 atom stereocenters. The molecule has 0 bridgehead atoms. The number of benzene rings is 1. The summed E-state index contributed by atoms with van der Waals surface area (Å²) in [6.45, 7) is 4.60. The summed E-state index contributed by atoms with van der Waals surface area (Å²) in [4.78, 5) is 0. The standard InChI is InChI=1S/C13H13Br2N/c1-13(2)4-3-9-8(6-13)5-11(14)10(7-16)12(9)15/h5H,3-4,6H2,1-2H3. The van der Waals surface area contributed by atoms with E-state index in [4.69, 9.17) is 5.26 Å². The van der Waals surface area contributed by atoms with Crippen LogP contribution in [0, 0.1) is 16.7 Å². The van der Waals surface area contributed by atoms with Crippen molar-refractivity contribution in [3.63, 3.8) is 0 Å². The molecular weight excluding hydrogens is 330 g/mol. The van der Waals surface area contributed by atoms with Crippen LogP contribution >= 0.6 is 31.9 Å². The fourth-order valence-corrected chi connectivity index (χ4v) is 3.89. The summed E-state index contributed by atoms with van der Waals surface area (Å²) in [6.07, 6.45) is 3.33. The molecule has 0 unspecified atom stereocenters. The highest BCUT2D eigenvalue weighted by atomic mass is 79.9. The van der Waals surface area contributed by atoms with Crippen LogP contribution in [0.5, 0.6) is 0 Å². The first-order chi connectivity index (χ1) is 7.44. The molecule has 0 aliphatic heterocycles. The zero-order chi connectivity index (χ0) is 11.9. The van der Waals surface area contributed by atoms with E-state index in [1.807, 2.05) is 0 Å². The Morgan fingerprint density at radius 2 is 2.06 bits per heavy atom. The molecule has 0 saturated carbocycles. The molecule has 16 heavy (non-hydrogen) atoms. The second-order valence-electron chi connectivity index (χ2n) is 5.14. The molecule has 0 amide bonds. The van der Waals surface area contributed by atoms with Crippen molar-refractivity contribution in [3.8, 4) is 6.07 Å². The molecule has 1 nitrogen and oxygen atoms in total. The molecule has 0 saturated heterocycles. The van der Waals surface area contributed by atoms with Crippen molar-refractivity contribution in [2.75, 3.05) is 0 Å². The van der Waals surface area contributed by atoms with Gasteiger partial charge in [0.2, 0.25) is 0 Å². The van der Waals surface area contributed by atoms with Gasteiger partial charge in [0, 0.05) is 8.95 Å². The van der Waals surface area contributed by atoms with E-state index >= 15 is 0 Å². The third-order valence-electron chi connectivity index (χ3n) is 3.24. The monoisotopic (exact) mass is 341 g/mol. The summed E-state index contributed by atoms with van der Waals surface area (Å²) in [5.74, 6) is 0. The number of nitrogens with zero attached hydrogens (tertiary/aromatic N) is 1. The Kier molecular flexibility index (Phi) is 3.16. The minimum atomic E-state index is 0.375. The molecule has 0 heterocycles. The van der Waals surface area contributed by atoms with Crippen LogP contribution in [0.4, 0.5) is 0 Å². The molecule has 0 aromatic heterocycles. The van der Waals surface area contributed by atoms with Gasteiger partial charge < -0.3 is 0 Å². The average Bonchev–Trinajstić information content (AvgIpc) is 2.16. The van der Waals surface area contributed by atoms with Crippen LogP contribution in [-0.4, -0.2) is 0 Å². The quantitative estimate of drug-likeness (QED) is 0.676. The van der Waals surface area contributed by atoms with Crippen LogP contribution < -0.4 is 0 Å². The third-order valence-corrected chi connectivity index (χ3v) is 4.74. The Morgan fingerprint density at radius 1 is 1.38 bits per heavy atom. The Labute approximate surface area is 113 Å². The molecule has 1 aliphatic rings. The zero-order valence-electron chi connectivity index (χ0n) is 9.40. The highest BCUT2D eigenvalue weighted by molar-refractivity contribution is 9.11. The Morgan fingerprint density at radius 3 is 2.69 bits per heavy atom. The average molecular weight is 343 g/mol. The van der Waals surface area contributed by atoms with E-state index in [1.165, 1.54) is 17.5 Å². The number of nitriles is 1. The molecule has 1 aliphatic carbocycles. The van der Waals surface area contributed by atoms with Crippen LogP contribution in [0.1, 0.15) is 37.0 Å². The van der Waals surface area contributed by atoms with Gasteiger partial charge in [-0.05, 0) is 73.7 Å². The summed E-state index contributed by atoms with van der Waals surface area (Å²) >= 11 is 7.03. The Bertz CT molecular complexity index is 484. The minimum absolute atomic E-state index is 0.375. The Balaban J connectivity index is 2.58. The Hall–Kier alpha value is -0.330. The van der Waals surface area contributed by atoms with Gasteiger partial charge in [-0.25, -0.2) is 0 Å². The van der Waals surface area contributed by atoms with Gasteiger partial charge in [-0.1, -0.05) is 13.8 Å². The maximum Gasteiger partial charge on any atom is 0.102 e. The maximum atomic E-state index is 9.09. The summed E-state index contributed by atoms with van der Waals surface area (Å²) in [6, 6.07) is 4.35. The molecule has 0 fully saturated rings.